The van der Waals surface area contributed by atoms with Gasteiger partial charge in [-0.15, -0.1) is 0 Å². The SMILES string of the molecule is CC(C(=O)Nc1nc2nc[nH]c2c(=O)[nH]1)n1nc(C2CC2)ccc1=O. The third-order valence-electron chi connectivity index (χ3n) is 4.13. The maximum atomic E-state index is 12.4. The zero-order valence-corrected chi connectivity index (χ0v) is 13.3. The summed E-state index contributed by atoms with van der Waals surface area (Å²) in [6.07, 6.45) is 3.43. The Balaban J connectivity index is 1.60. The highest BCUT2D eigenvalue weighted by molar-refractivity contribution is 5.92. The molecule has 4 rings (SSSR count). The number of carbonyl (C=O) groups is 1. The molecule has 0 aromatic carbocycles. The van der Waals surface area contributed by atoms with Crippen LogP contribution in [-0.4, -0.2) is 35.6 Å². The number of amides is 1. The van der Waals surface area contributed by atoms with Crippen molar-refractivity contribution < 1.29 is 4.79 Å². The maximum Gasteiger partial charge on any atom is 0.278 e. The quantitative estimate of drug-likeness (QED) is 0.623. The molecular formula is C15H15N7O3. The molecule has 0 spiro atoms. The van der Waals surface area contributed by atoms with Crippen LogP contribution in [0.4, 0.5) is 5.95 Å². The fraction of sp³-hybridized carbons (Fsp3) is 0.333. The Bertz CT molecular complexity index is 1080. The van der Waals surface area contributed by atoms with Gasteiger partial charge in [-0.1, -0.05) is 0 Å². The van der Waals surface area contributed by atoms with Gasteiger partial charge in [0.05, 0.1) is 12.0 Å². The van der Waals surface area contributed by atoms with E-state index in [0.29, 0.717) is 5.92 Å². The van der Waals surface area contributed by atoms with E-state index >= 15 is 0 Å². The molecule has 1 atom stereocenters. The molecule has 10 nitrogen and oxygen atoms in total. The van der Waals surface area contributed by atoms with Gasteiger partial charge >= 0.3 is 0 Å². The number of nitrogens with zero attached hydrogens (tertiary/aromatic N) is 4. The summed E-state index contributed by atoms with van der Waals surface area (Å²) < 4.78 is 1.15. The van der Waals surface area contributed by atoms with E-state index in [0.717, 1.165) is 23.2 Å². The minimum atomic E-state index is -0.855. The van der Waals surface area contributed by atoms with Gasteiger partial charge < -0.3 is 4.98 Å². The number of H-pyrrole nitrogens is 2. The number of rotatable bonds is 4. The standard InChI is InChI=1S/C15H15N7O3/c1-7(22-10(23)5-4-9(21-22)8-2-3-8)13(24)19-15-18-12-11(14(25)20-15)16-6-17-12/h4-8H,2-3H2,1H3,(H3,16,17,18,19,20,24,25). The van der Waals surface area contributed by atoms with Crippen molar-refractivity contribution in [3.05, 3.63) is 44.9 Å². The van der Waals surface area contributed by atoms with Crippen molar-refractivity contribution in [2.45, 2.75) is 31.7 Å². The molecule has 1 fully saturated rings. The van der Waals surface area contributed by atoms with E-state index in [9.17, 15) is 14.4 Å². The molecule has 1 saturated carbocycles. The van der Waals surface area contributed by atoms with Gasteiger partial charge in [-0.3, -0.25) is 24.7 Å². The fourth-order valence-electron chi connectivity index (χ4n) is 2.55. The molecule has 128 valence electrons. The third-order valence-corrected chi connectivity index (χ3v) is 4.13. The van der Waals surface area contributed by atoms with Gasteiger partial charge in [0.1, 0.15) is 6.04 Å². The van der Waals surface area contributed by atoms with Crippen molar-refractivity contribution in [2.75, 3.05) is 5.32 Å². The number of hydrogen-bond donors (Lipinski definition) is 3. The van der Waals surface area contributed by atoms with E-state index in [1.807, 2.05) is 0 Å². The van der Waals surface area contributed by atoms with Gasteiger partial charge in [-0.2, -0.15) is 10.1 Å². The highest BCUT2D eigenvalue weighted by Crippen LogP contribution is 2.38. The normalized spacial score (nSPS) is 15.2. The first-order valence-corrected chi connectivity index (χ1v) is 7.87. The van der Waals surface area contributed by atoms with E-state index in [-0.39, 0.29) is 22.7 Å². The summed E-state index contributed by atoms with van der Waals surface area (Å²) in [6.45, 7) is 1.56. The molecular weight excluding hydrogens is 326 g/mol. The third kappa shape index (κ3) is 2.82. The molecule has 10 heteroatoms. The van der Waals surface area contributed by atoms with Crippen LogP contribution in [0, 0.1) is 0 Å². The Morgan fingerprint density at radius 2 is 2.16 bits per heavy atom. The van der Waals surface area contributed by atoms with Crippen LogP contribution < -0.4 is 16.4 Å². The number of anilines is 1. The van der Waals surface area contributed by atoms with Crippen molar-refractivity contribution >= 4 is 23.0 Å². The first kappa shape index (κ1) is 15.2. The van der Waals surface area contributed by atoms with Gasteiger partial charge in [0, 0.05) is 12.0 Å². The molecule has 3 aromatic heterocycles. The van der Waals surface area contributed by atoms with Crippen LogP contribution in [0.3, 0.4) is 0 Å². The molecule has 25 heavy (non-hydrogen) atoms. The zero-order valence-electron chi connectivity index (χ0n) is 13.3. The summed E-state index contributed by atoms with van der Waals surface area (Å²) in [5.74, 6) is -0.185. The lowest BCUT2D eigenvalue weighted by molar-refractivity contribution is -0.119. The van der Waals surface area contributed by atoms with Gasteiger partial charge in [0.25, 0.3) is 17.0 Å². The smallest absolute Gasteiger partial charge is 0.278 e. The lowest BCUT2D eigenvalue weighted by Crippen LogP contribution is -2.34. The monoisotopic (exact) mass is 341 g/mol. The molecule has 3 aromatic rings. The molecule has 1 aliphatic rings. The second kappa shape index (κ2) is 5.65. The number of fused-ring (bicyclic) bond motifs is 1. The predicted octanol–water partition coefficient (Wildman–Crippen LogP) is 0.280. The van der Waals surface area contributed by atoms with Crippen molar-refractivity contribution in [3.63, 3.8) is 0 Å². The van der Waals surface area contributed by atoms with Crippen LogP contribution in [0.25, 0.3) is 11.2 Å². The van der Waals surface area contributed by atoms with Gasteiger partial charge in [0.2, 0.25) is 5.95 Å². The van der Waals surface area contributed by atoms with Gasteiger partial charge in [0.15, 0.2) is 11.2 Å². The molecule has 1 aliphatic carbocycles. The van der Waals surface area contributed by atoms with Crippen molar-refractivity contribution in [1.82, 2.24) is 29.7 Å². The molecule has 1 amide bonds. The van der Waals surface area contributed by atoms with Crippen molar-refractivity contribution in [3.8, 4) is 0 Å². The molecule has 0 bridgehead atoms. The maximum absolute atomic E-state index is 12.4. The van der Waals surface area contributed by atoms with E-state index in [2.05, 4.69) is 30.4 Å². The highest BCUT2D eigenvalue weighted by Gasteiger charge is 2.27. The van der Waals surface area contributed by atoms with Crippen LogP contribution >= 0.6 is 0 Å². The van der Waals surface area contributed by atoms with Gasteiger partial charge in [-0.05, 0) is 25.8 Å². The summed E-state index contributed by atoms with van der Waals surface area (Å²) >= 11 is 0. The van der Waals surface area contributed by atoms with E-state index in [1.54, 1.807) is 13.0 Å². The lowest BCUT2D eigenvalue weighted by Gasteiger charge is -2.14. The van der Waals surface area contributed by atoms with E-state index < -0.39 is 17.5 Å². The molecule has 3 heterocycles. The van der Waals surface area contributed by atoms with Crippen LogP contribution in [0.15, 0.2) is 28.0 Å². The fourth-order valence-corrected chi connectivity index (χ4v) is 2.55. The van der Waals surface area contributed by atoms with E-state index in [4.69, 9.17) is 0 Å². The second-order valence-corrected chi connectivity index (χ2v) is 6.00. The van der Waals surface area contributed by atoms with E-state index in [1.165, 1.54) is 12.4 Å². The first-order valence-electron chi connectivity index (χ1n) is 7.87. The Hall–Kier alpha value is -3.30. The summed E-state index contributed by atoms with van der Waals surface area (Å²) in [5, 5.41) is 6.79. The van der Waals surface area contributed by atoms with Crippen LogP contribution in [0.2, 0.25) is 0 Å². The molecule has 0 aliphatic heterocycles. The topological polar surface area (TPSA) is 138 Å². The molecule has 0 saturated heterocycles. The first-order chi connectivity index (χ1) is 12.0. The summed E-state index contributed by atoms with van der Waals surface area (Å²) in [5.41, 5.74) is 0.412. The predicted molar refractivity (Wildman–Crippen MR) is 88.3 cm³/mol. The summed E-state index contributed by atoms with van der Waals surface area (Å²) in [6, 6.07) is 2.26. The molecule has 1 unspecified atom stereocenters. The van der Waals surface area contributed by atoms with Crippen LogP contribution in [0.5, 0.6) is 0 Å². The minimum absolute atomic E-state index is 0.0344. The Morgan fingerprint density at radius 3 is 2.92 bits per heavy atom. The Morgan fingerprint density at radius 1 is 1.36 bits per heavy atom. The van der Waals surface area contributed by atoms with Crippen molar-refractivity contribution in [1.29, 1.82) is 0 Å². The number of carbonyl (C=O) groups excluding carboxylic acids is 1. The second-order valence-electron chi connectivity index (χ2n) is 6.00. The van der Waals surface area contributed by atoms with Gasteiger partial charge in [-0.25, -0.2) is 9.67 Å². The average molecular weight is 341 g/mol. The zero-order chi connectivity index (χ0) is 17.6. The summed E-state index contributed by atoms with van der Waals surface area (Å²) in [7, 11) is 0. The number of hydrogen-bond acceptors (Lipinski definition) is 6. The lowest BCUT2D eigenvalue weighted by atomic mass is 10.2. The minimum Gasteiger partial charge on any atom is -0.339 e. The largest absolute Gasteiger partial charge is 0.339 e. The Labute approximate surface area is 140 Å². The molecule has 0 radical (unpaired) electrons. The number of nitrogens with one attached hydrogen (secondary N) is 3. The summed E-state index contributed by atoms with van der Waals surface area (Å²) in [4.78, 5) is 49.4. The highest BCUT2D eigenvalue weighted by atomic mass is 16.2. The Kier molecular flexibility index (Phi) is 3.45. The number of imidazole rings is 1. The number of aromatic nitrogens is 6. The number of aromatic amines is 2. The molecule has 3 N–H and O–H groups in total. The van der Waals surface area contributed by atoms with Crippen LogP contribution in [0.1, 0.15) is 37.4 Å². The average Bonchev–Trinajstić information content (AvgIpc) is 3.32. The van der Waals surface area contributed by atoms with Crippen LogP contribution in [-0.2, 0) is 4.79 Å². The van der Waals surface area contributed by atoms with Crippen molar-refractivity contribution in [2.24, 2.45) is 0 Å².